The number of carbonyl (C=O) groups is 2. The van der Waals surface area contributed by atoms with Crippen molar-refractivity contribution < 1.29 is 11.0 Å². The molecule has 1 heterocycles. The molecule has 1 aliphatic rings. The van der Waals surface area contributed by atoms with Crippen LogP contribution < -0.4 is 10.2 Å². The van der Waals surface area contributed by atoms with E-state index in [0.29, 0.717) is 23.4 Å². The molecular formula is C41H43N3O2. The number of anilines is 2. The number of carbonyl (C=O) groups excluding carboxylic acids is 2. The smallest absolute Gasteiger partial charge is 0.258 e. The lowest BCUT2D eigenvalue weighted by molar-refractivity contribution is 0.0984. The number of para-hydroxylation sites is 1. The highest BCUT2D eigenvalue weighted by molar-refractivity contribution is 6.09. The number of nitrogens with zero attached hydrogens (tertiary/aromatic N) is 2. The second-order valence-electron chi connectivity index (χ2n) is 12.0. The number of hydrogen-bond acceptors (Lipinski definition) is 3. The van der Waals surface area contributed by atoms with Crippen LogP contribution in [-0.4, -0.2) is 29.8 Å². The van der Waals surface area contributed by atoms with Gasteiger partial charge < -0.3 is 10.2 Å². The molecule has 5 aromatic carbocycles. The van der Waals surface area contributed by atoms with Gasteiger partial charge in [-0.15, -0.1) is 0 Å². The molecule has 0 saturated carbocycles. The number of fused-ring (bicyclic) bond motifs is 1. The lowest BCUT2D eigenvalue weighted by atomic mass is 9.99. The summed E-state index contributed by atoms with van der Waals surface area (Å²) in [5, 5.41) is 3.03. The van der Waals surface area contributed by atoms with E-state index in [-0.39, 0.29) is 13.2 Å². The van der Waals surface area contributed by atoms with Gasteiger partial charge in [-0.2, -0.15) is 0 Å². The molecule has 1 aliphatic heterocycles. The summed E-state index contributed by atoms with van der Waals surface area (Å²) in [6.07, 6.45) is 5.61. The third kappa shape index (κ3) is 7.79. The van der Waals surface area contributed by atoms with Crippen LogP contribution in [0.1, 0.15) is 65.4 Å². The average Bonchev–Trinajstić information content (AvgIpc) is 3.10. The lowest BCUT2D eigenvalue weighted by Gasteiger charge is -2.29. The van der Waals surface area contributed by atoms with E-state index in [9.17, 15) is 9.59 Å². The van der Waals surface area contributed by atoms with Gasteiger partial charge in [-0.3, -0.25) is 14.5 Å². The Morgan fingerprint density at radius 2 is 1.26 bits per heavy atom. The molecule has 0 saturated heterocycles. The summed E-state index contributed by atoms with van der Waals surface area (Å²) in [6, 6.07) is 43.8. The summed E-state index contributed by atoms with van der Waals surface area (Å²) in [5.74, 6) is -0.206. The minimum absolute atomic E-state index is 0. The quantitative estimate of drug-likeness (QED) is 0.209. The first-order chi connectivity index (χ1) is 22.7. The molecule has 5 aromatic rings. The van der Waals surface area contributed by atoms with Crippen molar-refractivity contribution in [3.05, 3.63) is 156 Å². The highest BCUT2D eigenvalue weighted by Crippen LogP contribution is 2.28. The molecule has 1 N–H and O–H groups in total. The van der Waals surface area contributed by atoms with Crippen molar-refractivity contribution in [2.75, 3.05) is 23.3 Å². The van der Waals surface area contributed by atoms with E-state index in [1.165, 1.54) is 24.8 Å². The zero-order valence-corrected chi connectivity index (χ0v) is 26.3. The van der Waals surface area contributed by atoms with Gasteiger partial charge >= 0.3 is 0 Å². The standard InChI is InChI=1S/C41H41N3O2.H2/c45-40(38-22-12-11-21-37(38)33-18-8-5-9-19-33)42-36-26-24-34(25-27-36)41(46)44-29-15-3-1-2-14-28-43(30-32-16-6-4-7-17-32)31-35-20-10-13-23-39(35)44;/h4-13,16-27H,1-3,14-15,28-31H2,(H,42,45);1H. The van der Waals surface area contributed by atoms with Gasteiger partial charge in [-0.1, -0.05) is 116 Å². The second kappa shape index (κ2) is 15.3. The van der Waals surface area contributed by atoms with Crippen LogP contribution in [0.15, 0.2) is 133 Å². The van der Waals surface area contributed by atoms with Crippen molar-refractivity contribution >= 4 is 23.2 Å². The van der Waals surface area contributed by atoms with Gasteiger partial charge in [0, 0.05) is 43.6 Å². The summed E-state index contributed by atoms with van der Waals surface area (Å²) in [5.41, 5.74) is 7.16. The van der Waals surface area contributed by atoms with Crippen LogP contribution in [-0.2, 0) is 13.1 Å². The molecule has 5 nitrogen and oxygen atoms in total. The van der Waals surface area contributed by atoms with Gasteiger partial charge in [0.2, 0.25) is 0 Å². The molecule has 0 radical (unpaired) electrons. The van der Waals surface area contributed by atoms with Crippen molar-refractivity contribution in [2.24, 2.45) is 0 Å². The average molecular weight is 610 g/mol. The minimum Gasteiger partial charge on any atom is -0.322 e. The van der Waals surface area contributed by atoms with Crippen molar-refractivity contribution in [3.8, 4) is 11.1 Å². The van der Waals surface area contributed by atoms with E-state index in [1.54, 1.807) is 0 Å². The molecule has 2 amide bonds. The first-order valence-electron chi connectivity index (χ1n) is 16.4. The Labute approximate surface area is 274 Å². The van der Waals surface area contributed by atoms with Crippen molar-refractivity contribution in [1.82, 2.24) is 4.90 Å². The summed E-state index contributed by atoms with van der Waals surface area (Å²) in [4.78, 5) is 31.9. The molecular weight excluding hydrogens is 566 g/mol. The predicted octanol–water partition coefficient (Wildman–Crippen LogP) is 9.46. The zero-order valence-electron chi connectivity index (χ0n) is 26.3. The summed E-state index contributed by atoms with van der Waals surface area (Å²) >= 11 is 0. The Morgan fingerprint density at radius 1 is 0.630 bits per heavy atom. The molecule has 0 unspecified atom stereocenters. The number of amides is 2. The maximum Gasteiger partial charge on any atom is 0.258 e. The molecule has 0 aromatic heterocycles. The van der Waals surface area contributed by atoms with E-state index < -0.39 is 0 Å². The van der Waals surface area contributed by atoms with Crippen molar-refractivity contribution in [1.29, 1.82) is 0 Å². The van der Waals surface area contributed by atoms with Gasteiger partial charge in [0.05, 0.1) is 0 Å². The van der Waals surface area contributed by atoms with Crippen LogP contribution >= 0.6 is 0 Å². The monoisotopic (exact) mass is 609 g/mol. The predicted molar refractivity (Wildman–Crippen MR) is 190 cm³/mol. The molecule has 5 heteroatoms. The Hall–Kier alpha value is -5.00. The fourth-order valence-corrected chi connectivity index (χ4v) is 6.27. The third-order valence-electron chi connectivity index (χ3n) is 8.67. The number of nitrogens with one attached hydrogen (secondary N) is 1. The third-order valence-corrected chi connectivity index (χ3v) is 8.67. The van der Waals surface area contributed by atoms with Gasteiger partial charge in [0.15, 0.2) is 0 Å². The minimum atomic E-state index is -0.185. The first kappa shape index (κ1) is 31.0. The normalized spacial score (nSPS) is 14.4. The Balaban J connectivity index is 0.00000433. The summed E-state index contributed by atoms with van der Waals surface area (Å²) in [7, 11) is 0. The fraction of sp³-hybridized carbons (Fsp3) is 0.220. The van der Waals surface area contributed by atoms with Crippen molar-refractivity contribution in [2.45, 2.75) is 45.2 Å². The number of benzene rings is 5. The van der Waals surface area contributed by atoms with Crippen LogP contribution in [0.2, 0.25) is 0 Å². The van der Waals surface area contributed by atoms with Crippen molar-refractivity contribution in [3.63, 3.8) is 0 Å². The van der Waals surface area contributed by atoms with Crippen LogP contribution in [0.25, 0.3) is 11.1 Å². The summed E-state index contributed by atoms with van der Waals surface area (Å²) in [6.45, 7) is 3.36. The number of hydrogen-bond donors (Lipinski definition) is 1. The first-order valence-corrected chi connectivity index (χ1v) is 16.4. The highest BCUT2D eigenvalue weighted by Gasteiger charge is 2.22. The van der Waals surface area contributed by atoms with E-state index in [0.717, 1.165) is 54.9 Å². The van der Waals surface area contributed by atoms with Gasteiger partial charge in [0.25, 0.3) is 11.8 Å². The molecule has 0 spiro atoms. The molecule has 0 bridgehead atoms. The Kier molecular flexibility index (Phi) is 10.3. The van der Waals surface area contributed by atoms with Crippen LogP contribution in [0.4, 0.5) is 11.4 Å². The van der Waals surface area contributed by atoms with E-state index in [1.807, 2.05) is 89.8 Å². The van der Waals surface area contributed by atoms with Gasteiger partial charge in [0.1, 0.15) is 0 Å². The maximum absolute atomic E-state index is 14.1. The molecule has 0 atom stereocenters. The fourth-order valence-electron chi connectivity index (χ4n) is 6.27. The van der Waals surface area contributed by atoms with Crippen LogP contribution in [0.3, 0.4) is 0 Å². The topological polar surface area (TPSA) is 52.7 Å². The van der Waals surface area contributed by atoms with Crippen LogP contribution in [0, 0.1) is 0 Å². The maximum atomic E-state index is 14.1. The van der Waals surface area contributed by atoms with Gasteiger partial charge in [-0.25, -0.2) is 0 Å². The second-order valence-corrected chi connectivity index (χ2v) is 12.0. The van der Waals surface area contributed by atoms with E-state index in [2.05, 4.69) is 58.7 Å². The SMILES string of the molecule is O=C(Nc1ccc(C(=O)N2CCCCCCCN(Cc3ccccc3)Cc3ccccc32)cc1)c1ccccc1-c1ccccc1.[HH]. The Bertz CT molecular complexity index is 1740. The largest absolute Gasteiger partial charge is 0.322 e. The van der Waals surface area contributed by atoms with Crippen LogP contribution in [0.5, 0.6) is 0 Å². The number of rotatable bonds is 6. The van der Waals surface area contributed by atoms with Gasteiger partial charge in [-0.05, 0) is 78.0 Å². The Morgan fingerprint density at radius 3 is 2.04 bits per heavy atom. The zero-order chi connectivity index (χ0) is 31.6. The molecule has 46 heavy (non-hydrogen) atoms. The van der Waals surface area contributed by atoms with E-state index in [4.69, 9.17) is 0 Å². The highest BCUT2D eigenvalue weighted by atomic mass is 16.2. The molecule has 0 fully saturated rings. The molecule has 0 aliphatic carbocycles. The summed E-state index contributed by atoms with van der Waals surface area (Å²) < 4.78 is 0. The van der Waals surface area contributed by atoms with E-state index >= 15 is 0 Å². The lowest BCUT2D eigenvalue weighted by Crippen LogP contribution is -2.34. The molecule has 234 valence electrons. The molecule has 6 rings (SSSR count).